The number of aromatic nitrogens is 1. The quantitative estimate of drug-likeness (QED) is 0.929. The molecule has 1 atom stereocenters. The largest absolute Gasteiger partial charge is 0.481 e. The van der Waals surface area contributed by atoms with Gasteiger partial charge in [-0.1, -0.05) is 13.8 Å². The SMILES string of the molecule is CC(C)C(C)(Cc1nc2cc(F)ccc2s1)C(=O)O. The van der Waals surface area contributed by atoms with Crippen molar-refractivity contribution < 1.29 is 14.3 Å². The van der Waals surface area contributed by atoms with Crippen molar-refractivity contribution in [3.8, 4) is 0 Å². The molecule has 0 saturated carbocycles. The van der Waals surface area contributed by atoms with E-state index in [4.69, 9.17) is 0 Å². The molecule has 1 N–H and O–H groups in total. The highest BCUT2D eigenvalue weighted by Crippen LogP contribution is 2.34. The Morgan fingerprint density at radius 1 is 1.53 bits per heavy atom. The molecule has 0 fully saturated rings. The fourth-order valence-corrected chi connectivity index (χ4v) is 2.98. The lowest BCUT2D eigenvalue weighted by Crippen LogP contribution is -2.35. The maximum Gasteiger partial charge on any atom is 0.310 e. The number of carboxylic acids is 1. The number of nitrogens with zero attached hydrogens (tertiary/aromatic N) is 1. The highest BCUT2D eigenvalue weighted by Gasteiger charge is 2.37. The number of halogens is 1. The van der Waals surface area contributed by atoms with Crippen LogP contribution in [0, 0.1) is 17.2 Å². The van der Waals surface area contributed by atoms with E-state index in [-0.39, 0.29) is 11.7 Å². The van der Waals surface area contributed by atoms with Crippen molar-refractivity contribution >= 4 is 27.5 Å². The summed E-state index contributed by atoms with van der Waals surface area (Å²) in [5.41, 5.74) is -0.261. The second-order valence-corrected chi connectivity index (χ2v) is 6.39. The molecule has 1 unspecified atom stereocenters. The van der Waals surface area contributed by atoms with Crippen molar-refractivity contribution in [1.82, 2.24) is 4.98 Å². The Hall–Kier alpha value is -1.49. The zero-order valence-corrected chi connectivity index (χ0v) is 11.9. The first-order valence-corrected chi connectivity index (χ1v) is 6.93. The molecule has 5 heteroatoms. The minimum absolute atomic E-state index is 0.00579. The molecular weight excluding hydrogens is 265 g/mol. The monoisotopic (exact) mass is 281 g/mol. The first kappa shape index (κ1) is 13.9. The number of hydrogen-bond donors (Lipinski definition) is 1. The van der Waals surface area contributed by atoms with Gasteiger partial charge in [-0.15, -0.1) is 11.3 Å². The zero-order chi connectivity index (χ0) is 14.2. The maximum atomic E-state index is 13.1. The molecule has 3 nitrogen and oxygen atoms in total. The van der Waals surface area contributed by atoms with Crippen molar-refractivity contribution in [2.75, 3.05) is 0 Å². The molecule has 2 aromatic rings. The van der Waals surface area contributed by atoms with Gasteiger partial charge >= 0.3 is 5.97 Å². The lowest BCUT2D eigenvalue weighted by atomic mass is 9.76. The number of thiazole rings is 1. The van der Waals surface area contributed by atoms with Gasteiger partial charge in [0.2, 0.25) is 0 Å². The smallest absolute Gasteiger partial charge is 0.310 e. The van der Waals surface area contributed by atoms with Gasteiger partial charge in [0.1, 0.15) is 5.82 Å². The lowest BCUT2D eigenvalue weighted by molar-refractivity contribution is -0.150. The van der Waals surface area contributed by atoms with E-state index in [1.807, 2.05) is 13.8 Å². The molecule has 0 radical (unpaired) electrons. The van der Waals surface area contributed by atoms with Gasteiger partial charge in [0.05, 0.1) is 20.6 Å². The van der Waals surface area contributed by atoms with Crippen LogP contribution in [0.3, 0.4) is 0 Å². The molecule has 1 aromatic carbocycles. The van der Waals surface area contributed by atoms with Gasteiger partial charge < -0.3 is 5.11 Å². The van der Waals surface area contributed by atoms with E-state index in [1.165, 1.54) is 23.5 Å². The first-order valence-electron chi connectivity index (χ1n) is 6.11. The van der Waals surface area contributed by atoms with E-state index < -0.39 is 11.4 Å². The predicted molar refractivity (Wildman–Crippen MR) is 73.9 cm³/mol. The van der Waals surface area contributed by atoms with E-state index in [0.29, 0.717) is 11.9 Å². The van der Waals surface area contributed by atoms with Crippen LogP contribution in [0.1, 0.15) is 25.8 Å². The topological polar surface area (TPSA) is 50.2 Å². The minimum Gasteiger partial charge on any atom is -0.481 e. The summed E-state index contributed by atoms with van der Waals surface area (Å²) in [5, 5.41) is 10.1. The van der Waals surface area contributed by atoms with Crippen molar-refractivity contribution in [3.63, 3.8) is 0 Å². The lowest BCUT2D eigenvalue weighted by Gasteiger charge is -2.27. The second-order valence-electron chi connectivity index (χ2n) is 5.27. The van der Waals surface area contributed by atoms with Crippen LogP contribution in [-0.2, 0) is 11.2 Å². The third-order valence-corrected chi connectivity index (χ3v) is 4.71. The molecule has 2 rings (SSSR count). The third-order valence-electron chi connectivity index (χ3n) is 3.68. The van der Waals surface area contributed by atoms with Gasteiger partial charge in [-0.05, 0) is 25.0 Å². The van der Waals surface area contributed by atoms with Crippen LogP contribution in [0.15, 0.2) is 18.2 Å². The molecule has 0 aliphatic carbocycles. The standard InChI is InChI=1S/C14H16FNO2S/c1-8(2)14(3,13(17)18)7-12-16-10-6-9(15)4-5-11(10)19-12/h4-6,8H,7H2,1-3H3,(H,17,18). The van der Waals surface area contributed by atoms with Gasteiger partial charge in [-0.25, -0.2) is 9.37 Å². The third kappa shape index (κ3) is 2.61. The van der Waals surface area contributed by atoms with Crippen molar-refractivity contribution in [3.05, 3.63) is 29.0 Å². The molecule has 102 valence electrons. The highest BCUT2D eigenvalue weighted by molar-refractivity contribution is 7.18. The van der Waals surface area contributed by atoms with Crippen LogP contribution in [0.5, 0.6) is 0 Å². The average molecular weight is 281 g/mol. The van der Waals surface area contributed by atoms with E-state index >= 15 is 0 Å². The van der Waals surface area contributed by atoms with Gasteiger partial charge in [-0.3, -0.25) is 4.79 Å². The molecule has 0 aliphatic heterocycles. The molecular formula is C14H16FNO2S. The van der Waals surface area contributed by atoms with Crippen LogP contribution >= 0.6 is 11.3 Å². The fourth-order valence-electron chi connectivity index (χ4n) is 1.86. The summed E-state index contributed by atoms with van der Waals surface area (Å²) in [6, 6.07) is 4.45. The summed E-state index contributed by atoms with van der Waals surface area (Å²) in [7, 11) is 0. The Balaban J connectivity index is 2.37. The predicted octanol–water partition coefficient (Wildman–Crippen LogP) is 3.72. The average Bonchev–Trinajstić information content (AvgIpc) is 2.69. The molecule has 1 heterocycles. The minimum atomic E-state index is -0.855. The number of rotatable bonds is 4. The summed E-state index contributed by atoms with van der Waals surface area (Å²) in [5.74, 6) is -1.16. The second kappa shape index (κ2) is 4.89. The molecule has 0 amide bonds. The van der Waals surface area contributed by atoms with Crippen LogP contribution in [0.2, 0.25) is 0 Å². The van der Waals surface area contributed by atoms with Crippen LogP contribution < -0.4 is 0 Å². The molecule has 0 saturated heterocycles. The van der Waals surface area contributed by atoms with E-state index in [9.17, 15) is 14.3 Å². The number of aliphatic carboxylic acids is 1. The summed E-state index contributed by atoms with van der Waals surface area (Å²) < 4.78 is 14.0. The normalized spacial score (nSPS) is 14.8. The fraction of sp³-hybridized carbons (Fsp3) is 0.429. The van der Waals surface area contributed by atoms with Crippen LogP contribution in [0.25, 0.3) is 10.2 Å². The Morgan fingerprint density at radius 3 is 2.79 bits per heavy atom. The summed E-state index contributed by atoms with van der Waals surface area (Å²) in [6.07, 6.45) is 0.362. The molecule has 0 spiro atoms. The summed E-state index contributed by atoms with van der Waals surface area (Å²) in [6.45, 7) is 5.51. The molecule has 19 heavy (non-hydrogen) atoms. The van der Waals surface area contributed by atoms with Crippen molar-refractivity contribution in [2.24, 2.45) is 11.3 Å². The Labute approximate surface area is 115 Å². The van der Waals surface area contributed by atoms with E-state index in [2.05, 4.69) is 4.98 Å². The van der Waals surface area contributed by atoms with Gasteiger partial charge in [0, 0.05) is 12.5 Å². The maximum absolute atomic E-state index is 13.1. The summed E-state index contributed by atoms with van der Waals surface area (Å²) >= 11 is 1.43. The van der Waals surface area contributed by atoms with Crippen molar-refractivity contribution in [2.45, 2.75) is 27.2 Å². The molecule has 0 bridgehead atoms. The molecule has 0 aliphatic rings. The Kier molecular flexibility index (Phi) is 3.58. The van der Waals surface area contributed by atoms with Gasteiger partial charge in [-0.2, -0.15) is 0 Å². The van der Waals surface area contributed by atoms with Crippen molar-refractivity contribution in [1.29, 1.82) is 0 Å². The van der Waals surface area contributed by atoms with E-state index in [1.54, 1.807) is 13.0 Å². The van der Waals surface area contributed by atoms with E-state index in [0.717, 1.165) is 9.71 Å². The highest BCUT2D eigenvalue weighted by atomic mass is 32.1. The number of fused-ring (bicyclic) bond motifs is 1. The number of carbonyl (C=O) groups is 1. The number of hydrogen-bond acceptors (Lipinski definition) is 3. The zero-order valence-electron chi connectivity index (χ0n) is 11.1. The summed E-state index contributed by atoms with van der Waals surface area (Å²) in [4.78, 5) is 15.8. The number of benzene rings is 1. The Bertz CT molecular complexity index is 623. The first-order chi connectivity index (χ1) is 8.83. The van der Waals surface area contributed by atoms with Crippen LogP contribution in [0.4, 0.5) is 4.39 Å². The van der Waals surface area contributed by atoms with Gasteiger partial charge in [0.15, 0.2) is 0 Å². The Morgan fingerprint density at radius 2 is 2.21 bits per heavy atom. The van der Waals surface area contributed by atoms with Crippen LogP contribution in [-0.4, -0.2) is 16.1 Å². The molecule has 1 aromatic heterocycles. The van der Waals surface area contributed by atoms with Gasteiger partial charge in [0.25, 0.3) is 0 Å². The number of carboxylic acid groups (broad SMARTS) is 1.